The molecule has 0 saturated heterocycles. The molecule has 33 heavy (non-hydrogen) atoms. The SMILES string of the molecule is Fc1ccc(-c2cc(-c3cnc4cc(-c5ccc(OCC6CC6)nc5)ccn34)ccn2)cc1. The quantitative estimate of drug-likeness (QED) is 0.325. The van der Waals surface area contributed by atoms with Gasteiger partial charge in [0.1, 0.15) is 11.5 Å². The van der Waals surface area contributed by atoms with E-state index in [0.29, 0.717) is 11.8 Å². The van der Waals surface area contributed by atoms with Crippen LogP contribution in [0.2, 0.25) is 0 Å². The summed E-state index contributed by atoms with van der Waals surface area (Å²) in [5, 5.41) is 0. The number of ether oxygens (including phenoxy) is 1. The second kappa shape index (κ2) is 8.13. The summed E-state index contributed by atoms with van der Waals surface area (Å²) in [6, 6.07) is 18.4. The summed E-state index contributed by atoms with van der Waals surface area (Å²) >= 11 is 0. The van der Waals surface area contributed by atoms with E-state index >= 15 is 0 Å². The first-order valence-electron chi connectivity index (χ1n) is 11.0. The lowest BCUT2D eigenvalue weighted by molar-refractivity contribution is 0.288. The molecule has 0 aliphatic heterocycles. The summed E-state index contributed by atoms with van der Waals surface area (Å²) in [6.45, 7) is 0.757. The molecule has 1 aliphatic rings. The first-order chi connectivity index (χ1) is 16.2. The van der Waals surface area contributed by atoms with Crippen molar-refractivity contribution in [3.8, 4) is 39.5 Å². The van der Waals surface area contributed by atoms with Gasteiger partial charge in [0.25, 0.3) is 0 Å². The van der Waals surface area contributed by atoms with Gasteiger partial charge < -0.3 is 4.74 Å². The molecule has 0 bridgehead atoms. The molecule has 0 N–H and O–H groups in total. The van der Waals surface area contributed by atoms with Crippen LogP contribution in [0.4, 0.5) is 4.39 Å². The summed E-state index contributed by atoms with van der Waals surface area (Å²) in [6.07, 6.45) is 10.0. The number of benzene rings is 1. The highest BCUT2D eigenvalue weighted by Gasteiger charge is 2.22. The number of pyridine rings is 3. The maximum atomic E-state index is 13.3. The standard InChI is InChI=1S/C27H21FN4O/c28-23-6-3-19(4-7-23)24-13-21(9-11-29-24)25-16-30-26-14-20(10-12-32(25)26)22-5-8-27(31-15-22)33-17-18-1-2-18/h3-16,18H,1-2,17H2. The third-order valence-electron chi connectivity index (χ3n) is 5.94. The normalized spacial score (nSPS) is 13.4. The van der Waals surface area contributed by atoms with Gasteiger partial charge in [-0.3, -0.25) is 9.38 Å². The van der Waals surface area contributed by atoms with Gasteiger partial charge in [-0.15, -0.1) is 0 Å². The molecule has 6 rings (SSSR count). The Kier molecular flexibility index (Phi) is 4.83. The Hall–Kier alpha value is -4.06. The van der Waals surface area contributed by atoms with Crippen LogP contribution in [0.15, 0.2) is 85.5 Å². The van der Waals surface area contributed by atoms with Crippen molar-refractivity contribution in [3.05, 3.63) is 91.3 Å². The first-order valence-corrected chi connectivity index (χ1v) is 11.0. The summed E-state index contributed by atoms with van der Waals surface area (Å²) in [5.74, 6) is 1.11. The zero-order chi connectivity index (χ0) is 22.2. The van der Waals surface area contributed by atoms with E-state index in [1.165, 1.54) is 25.0 Å². The fraction of sp³-hybridized carbons (Fsp3) is 0.148. The largest absolute Gasteiger partial charge is 0.477 e. The second-order valence-electron chi connectivity index (χ2n) is 8.36. The molecule has 1 saturated carbocycles. The Morgan fingerprint density at radius 2 is 1.67 bits per heavy atom. The van der Waals surface area contributed by atoms with Crippen LogP contribution in [0.25, 0.3) is 39.3 Å². The minimum atomic E-state index is -0.261. The number of hydrogen-bond acceptors (Lipinski definition) is 4. The Labute approximate surface area is 190 Å². The average molecular weight is 436 g/mol. The maximum Gasteiger partial charge on any atom is 0.213 e. The van der Waals surface area contributed by atoms with Crippen LogP contribution in [-0.2, 0) is 0 Å². The topological polar surface area (TPSA) is 52.3 Å². The van der Waals surface area contributed by atoms with E-state index in [2.05, 4.69) is 21.0 Å². The molecule has 0 amide bonds. The highest BCUT2D eigenvalue weighted by molar-refractivity contribution is 5.73. The molecule has 1 aliphatic carbocycles. The Bertz CT molecular complexity index is 1420. The predicted octanol–water partition coefficient (Wildman–Crippen LogP) is 6.05. The fourth-order valence-corrected chi connectivity index (χ4v) is 3.87. The molecular formula is C27H21FN4O. The molecule has 6 heteroatoms. The number of fused-ring (bicyclic) bond motifs is 1. The third kappa shape index (κ3) is 4.07. The molecule has 0 atom stereocenters. The predicted molar refractivity (Wildman–Crippen MR) is 125 cm³/mol. The maximum absolute atomic E-state index is 13.3. The molecule has 1 fully saturated rings. The van der Waals surface area contributed by atoms with Gasteiger partial charge in [0.2, 0.25) is 5.88 Å². The van der Waals surface area contributed by atoms with Crippen LogP contribution < -0.4 is 4.74 Å². The highest BCUT2D eigenvalue weighted by atomic mass is 19.1. The second-order valence-corrected chi connectivity index (χ2v) is 8.36. The summed E-state index contributed by atoms with van der Waals surface area (Å²) in [4.78, 5) is 13.5. The highest BCUT2D eigenvalue weighted by Crippen LogP contribution is 2.30. The Balaban J connectivity index is 1.28. The van der Waals surface area contributed by atoms with Crippen LogP contribution in [0.3, 0.4) is 0 Å². The molecule has 4 heterocycles. The third-order valence-corrected chi connectivity index (χ3v) is 5.94. The zero-order valence-electron chi connectivity index (χ0n) is 17.9. The number of rotatable bonds is 6. The smallest absolute Gasteiger partial charge is 0.213 e. The monoisotopic (exact) mass is 436 g/mol. The lowest BCUT2D eigenvalue weighted by Gasteiger charge is -2.08. The number of nitrogens with zero attached hydrogens (tertiary/aromatic N) is 4. The van der Waals surface area contributed by atoms with Gasteiger partial charge in [0.05, 0.1) is 24.2 Å². The molecule has 5 aromatic rings. The van der Waals surface area contributed by atoms with E-state index in [4.69, 9.17) is 4.74 Å². The van der Waals surface area contributed by atoms with E-state index in [9.17, 15) is 4.39 Å². The van der Waals surface area contributed by atoms with Crippen molar-refractivity contribution in [1.29, 1.82) is 0 Å². The van der Waals surface area contributed by atoms with E-state index in [1.807, 2.05) is 53.3 Å². The summed E-state index contributed by atoms with van der Waals surface area (Å²) in [5.41, 5.74) is 6.51. The molecule has 0 radical (unpaired) electrons. The van der Waals surface area contributed by atoms with Crippen molar-refractivity contribution in [1.82, 2.24) is 19.4 Å². The first kappa shape index (κ1) is 19.6. The van der Waals surface area contributed by atoms with Gasteiger partial charge in [-0.1, -0.05) is 0 Å². The number of halogens is 1. The minimum Gasteiger partial charge on any atom is -0.477 e. The van der Waals surface area contributed by atoms with Crippen LogP contribution >= 0.6 is 0 Å². The lowest BCUT2D eigenvalue weighted by Crippen LogP contribution is -2.00. The fourth-order valence-electron chi connectivity index (χ4n) is 3.87. The Morgan fingerprint density at radius 3 is 2.45 bits per heavy atom. The number of imidazole rings is 1. The minimum absolute atomic E-state index is 0.261. The van der Waals surface area contributed by atoms with Crippen molar-refractivity contribution in [2.45, 2.75) is 12.8 Å². The van der Waals surface area contributed by atoms with Crippen LogP contribution in [0.1, 0.15) is 12.8 Å². The van der Waals surface area contributed by atoms with Crippen LogP contribution in [-0.4, -0.2) is 26.0 Å². The number of aromatic nitrogens is 4. The van der Waals surface area contributed by atoms with E-state index in [1.54, 1.807) is 18.3 Å². The van der Waals surface area contributed by atoms with E-state index in [-0.39, 0.29) is 5.82 Å². The molecule has 0 spiro atoms. The average Bonchev–Trinajstić information content (AvgIpc) is 3.60. The van der Waals surface area contributed by atoms with Crippen molar-refractivity contribution >= 4 is 5.65 Å². The summed E-state index contributed by atoms with van der Waals surface area (Å²) in [7, 11) is 0. The molecule has 162 valence electrons. The summed E-state index contributed by atoms with van der Waals surface area (Å²) < 4.78 is 21.1. The number of hydrogen-bond donors (Lipinski definition) is 0. The van der Waals surface area contributed by atoms with Crippen molar-refractivity contribution in [2.24, 2.45) is 5.92 Å². The lowest BCUT2D eigenvalue weighted by atomic mass is 10.1. The molecule has 5 nitrogen and oxygen atoms in total. The van der Waals surface area contributed by atoms with Gasteiger partial charge >= 0.3 is 0 Å². The van der Waals surface area contributed by atoms with Crippen LogP contribution in [0, 0.1) is 11.7 Å². The molecule has 4 aromatic heterocycles. The van der Waals surface area contributed by atoms with Gasteiger partial charge in [-0.05, 0) is 78.9 Å². The van der Waals surface area contributed by atoms with Crippen molar-refractivity contribution in [2.75, 3.05) is 6.61 Å². The van der Waals surface area contributed by atoms with Gasteiger partial charge in [-0.25, -0.2) is 14.4 Å². The Morgan fingerprint density at radius 1 is 0.818 bits per heavy atom. The van der Waals surface area contributed by atoms with E-state index < -0.39 is 0 Å². The molecule has 1 aromatic carbocycles. The van der Waals surface area contributed by atoms with Crippen molar-refractivity contribution in [3.63, 3.8) is 0 Å². The van der Waals surface area contributed by atoms with Gasteiger partial charge in [-0.2, -0.15) is 0 Å². The van der Waals surface area contributed by atoms with Crippen LogP contribution in [0.5, 0.6) is 5.88 Å². The van der Waals surface area contributed by atoms with Gasteiger partial charge in [0, 0.05) is 41.3 Å². The molecule has 0 unspecified atom stereocenters. The molecular weight excluding hydrogens is 415 g/mol. The van der Waals surface area contributed by atoms with E-state index in [0.717, 1.165) is 45.9 Å². The van der Waals surface area contributed by atoms with Gasteiger partial charge in [0.15, 0.2) is 0 Å². The zero-order valence-corrected chi connectivity index (χ0v) is 17.9. The van der Waals surface area contributed by atoms with Crippen molar-refractivity contribution < 1.29 is 9.13 Å².